The Morgan fingerprint density at radius 2 is 1.82 bits per heavy atom. The normalized spacial score (nSPS) is 25.0. The molecule has 4 atom stereocenters. The fourth-order valence-electron chi connectivity index (χ4n) is 4.54. The number of aliphatic hydroxyl groups excluding tert-OH is 3. The first-order chi connectivity index (χ1) is 15.8. The Morgan fingerprint density at radius 3 is 2.52 bits per heavy atom. The molecule has 0 bridgehead atoms. The van der Waals surface area contributed by atoms with Crippen molar-refractivity contribution in [1.29, 1.82) is 0 Å². The van der Waals surface area contributed by atoms with Gasteiger partial charge in [-0.3, -0.25) is 4.98 Å². The number of hydrogen-bond donors (Lipinski definition) is 5. The van der Waals surface area contributed by atoms with E-state index in [0.29, 0.717) is 24.1 Å². The van der Waals surface area contributed by atoms with Gasteiger partial charge in [-0.05, 0) is 52.0 Å². The molecule has 0 aliphatic heterocycles. The zero-order chi connectivity index (χ0) is 23.3. The summed E-state index contributed by atoms with van der Waals surface area (Å²) in [4.78, 5) is 18.9. The molecule has 3 aromatic heterocycles. The summed E-state index contributed by atoms with van der Waals surface area (Å²) >= 11 is 1.55. The predicted molar refractivity (Wildman–Crippen MR) is 128 cm³/mol. The van der Waals surface area contributed by atoms with E-state index in [0.717, 1.165) is 44.4 Å². The average molecular weight is 471 g/mol. The molecule has 176 valence electrons. The van der Waals surface area contributed by atoms with Crippen LogP contribution < -0.4 is 10.6 Å². The first kappa shape index (κ1) is 22.4. The number of thiazole rings is 1. The molecule has 2 aliphatic carbocycles. The molecular weight excluding hydrogens is 440 g/mol. The fourth-order valence-corrected chi connectivity index (χ4v) is 5.62. The van der Waals surface area contributed by atoms with Gasteiger partial charge < -0.3 is 26.0 Å². The Morgan fingerprint density at radius 1 is 1.03 bits per heavy atom. The van der Waals surface area contributed by atoms with E-state index in [1.54, 1.807) is 11.3 Å². The van der Waals surface area contributed by atoms with Gasteiger partial charge >= 0.3 is 0 Å². The van der Waals surface area contributed by atoms with E-state index in [2.05, 4.69) is 15.6 Å². The van der Waals surface area contributed by atoms with E-state index in [1.165, 1.54) is 12.8 Å². The number of nitrogens with one attached hydrogen (secondary N) is 2. The zero-order valence-electron chi connectivity index (χ0n) is 19.0. The molecule has 0 spiro atoms. The molecule has 2 saturated carbocycles. The predicted octanol–water partition coefficient (Wildman–Crippen LogP) is 2.41. The van der Waals surface area contributed by atoms with Crippen molar-refractivity contribution in [2.24, 2.45) is 11.8 Å². The maximum atomic E-state index is 10.6. The second-order valence-corrected chi connectivity index (χ2v) is 10.3. The highest BCUT2D eigenvalue weighted by molar-refractivity contribution is 7.21. The van der Waals surface area contributed by atoms with Crippen LogP contribution in [0.1, 0.15) is 36.3 Å². The van der Waals surface area contributed by atoms with Gasteiger partial charge in [0.2, 0.25) is 5.95 Å². The molecule has 0 saturated heterocycles. The maximum absolute atomic E-state index is 10.6. The summed E-state index contributed by atoms with van der Waals surface area (Å²) in [5.74, 6) is 1.39. The van der Waals surface area contributed by atoms with Crippen LogP contribution in [0.5, 0.6) is 0 Å². The quantitative estimate of drug-likeness (QED) is 0.352. The van der Waals surface area contributed by atoms with E-state index in [-0.39, 0.29) is 12.5 Å². The van der Waals surface area contributed by atoms with Gasteiger partial charge in [0.05, 0.1) is 39.3 Å². The number of pyridine rings is 1. The molecule has 3 aromatic rings. The van der Waals surface area contributed by atoms with Crippen molar-refractivity contribution in [3.05, 3.63) is 23.1 Å². The second kappa shape index (κ2) is 8.75. The van der Waals surface area contributed by atoms with E-state index < -0.39 is 18.2 Å². The van der Waals surface area contributed by atoms with Gasteiger partial charge in [-0.2, -0.15) is 4.98 Å². The van der Waals surface area contributed by atoms with Gasteiger partial charge in [0, 0.05) is 24.8 Å². The summed E-state index contributed by atoms with van der Waals surface area (Å²) < 4.78 is 1.02. The van der Waals surface area contributed by atoms with Gasteiger partial charge in [-0.15, -0.1) is 11.3 Å². The highest BCUT2D eigenvalue weighted by Gasteiger charge is 2.41. The number of aliphatic hydroxyl groups is 3. The van der Waals surface area contributed by atoms with Crippen LogP contribution in [0.2, 0.25) is 0 Å². The van der Waals surface area contributed by atoms with Crippen molar-refractivity contribution in [2.45, 2.75) is 58.3 Å². The number of rotatable bonds is 7. The largest absolute Gasteiger partial charge is 0.396 e. The zero-order valence-corrected chi connectivity index (χ0v) is 19.9. The number of nitrogens with zero attached hydrogens (tertiary/aromatic N) is 4. The summed E-state index contributed by atoms with van der Waals surface area (Å²) in [5.41, 5.74) is 4.29. The van der Waals surface area contributed by atoms with Crippen LogP contribution >= 0.6 is 11.3 Å². The minimum absolute atomic E-state index is 0.177. The molecule has 3 heterocycles. The van der Waals surface area contributed by atoms with E-state index in [9.17, 15) is 15.3 Å². The van der Waals surface area contributed by atoms with Crippen molar-refractivity contribution < 1.29 is 15.3 Å². The van der Waals surface area contributed by atoms with Gasteiger partial charge in [-0.25, -0.2) is 9.97 Å². The Bertz CT molecular complexity index is 1180. The molecule has 2 aliphatic rings. The third kappa shape index (κ3) is 4.40. The summed E-state index contributed by atoms with van der Waals surface area (Å²) in [5, 5.41) is 37.9. The lowest BCUT2D eigenvalue weighted by Crippen LogP contribution is -2.35. The monoisotopic (exact) mass is 470 g/mol. The first-order valence-electron chi connectivity index (χ1n) is 11.4. The molecule has 5 N–H and O–H groups in total. The van der Waals surface area contributed by atoms with Crippen molar-refractivity contribution in [1.82, 2.24) is 19.9 Å². The maximum Gasteiger partial charge on any atom is 0.224 e. The van der Waals surface area contributed by atoms with Crippen LogP contribution in [0.3, 0.4) is 0 Å². The third-order valence-corrected chi connectivity index (χ3v) is 7.78. The lowest BCUT2D eigenvalue weighted by atomic mass is 10.1. The summed E-state index contributed by atoms with van der Waals surface area (Å²) in [6, 6.07) is 1.53. The highest BCUT2D eigenvalue weighted by Crippen LogP contribution is 2.39. The van der Waals surface area contributed by atoms with Gasteiger partial charge in [0.1, 0.15) is 16.9 Å². The molecule has 33 heavy (non-hydrogen) atoms. The van der Waals surface area contributed by atoms with Crippen LogP contribution in [0.25, 0.3) is 20.8 Å². The number of anilines is 2. The summed E-state index contributed by atoms with van der Waals surface area (Å²) in [6.45, 7) is 6.53. The van der Waals surface area contributed by atoms with Gasteiger partial charge in [0.15, 0.2) is 0 Å². The second-order valence-electron chi connectivity index (χ2n) is 9.31. The Balaban J connectivity index is 1.55. The van der Waals surface area contributed by atoms with Crippen molar-refractivity contribution >= 4 is 33.3 Å². The molecule has 9 nitrogen and oxygen atoms in total. The van der Waals surface area contributed by atoms with Crippen LogP contribution in [0.15, 0.2) is 6.07 Å². The van der Waals surface area contributed by atoms with Crippen molar-refractivity contribution in [3.8, 4) is 10.6 Å². The lowest BCUT2D eigenvalue weighted by molar-refractivity contribution is 0.00446. The molecule has 0 amide bonds. The fraction of sp³-hybridized carbons (Fsp3) is 0.565. The SMILES string of the molecule is Cc1cc2nc(-c3c(C)nc(NCC4CC4)nc3N[C@@H]3C[C@H](CO)[C@@H](O)[C@H]3O)sc2c(C)n1. The minimum Gasteiger partial charge on any atom is -0.396 e. The standard InChI is InChI=1S/C23H30N6O3S/c1-10-6-16-20(12(3)25-10)33-22(28-16)17-11(2)26-23(24-8-13-4-5-13)29-21(17)27-15-7-14(9-30)18(31)19(15)32/h6,13-15,18-19,30-32H,4-5,7-9H2,1-3H3,(H2,24,26,27,29)/t14-,15-,18-,19+/m1/s1. The number of hydrogen-bond acceptors (Lipinski definition) is 10. The smallest absolute Gasteiger partial charge is 0.224 e. The minimum atomic E-state index is -1.00. The Labute approximate surface area is 196 Å². The van der Waals surface area contributed by atoms with E-state index in [1.807, 2.05) is 26.8 Å². The number of aryl methyl sites for hydroxylation is 3. The highest BCUT2D eigenvalue weighted by atomic mass is 32.1. The number of fused-ring (bicyclic) bond motifs is 1. The molecular formula is C23H30N6O3S. The summed E-state index contributed by atoms with van der Waals surface area (Å²) in [7, 11) is 0. The topological polar surface area (TPSA) is 136 Å². The van der Waals surface area contributed by atoms with Crippen molar-refractivity contribution in [2.75, 3.05) is 23.8 Å². The van der Waals surface area contributed by atoms with Crippen LogP contribution in [-0.2, 0) is 0 Å². The van der Waals surface area contributed by atoms with E-state index >= 15 is 0 Å². The molecule has 10 heteroatoms. The number of aromatic nitrogens is 4. The molecule has 5 rings (SSSR count). The molecule has 0 unspecified atom stereocenters. The average Bonchev–Trinajstić information content (AvgIpc) is 3.45. The van der Waals surface area contributed by atoms with Crippen LogP contribution in [0, 0.1) is 32.6 Å². The Hall–Kier alpha value is -2.40. The molecule has 2 fully saturated rings. The summed E-state index contributed by atoms with van der Waals surface area (Å²) in [6.07, 6.45) is 0.905. The molecule has 0 aromatic carbocycles. The third-order valence-electron chi connectivity index (χ3n) is 6.58. The molecule has 0 radical (unpaired) electrons. The van der Waals surface area contributed by atoms with E-state index in [4.69, 9.17) is 15.0 Å². The van der Waals surface area contributed by atoms with Crippen LogP contribution in [0.4, 0.5) is 11.8 Å². The lowest BCUT2D eigenvalue weighted by Gasteiger charge is -2.21. The van der Waals surface area contributed by atoms with Crippen molar-refractivity contribution in [3.63, 3.8) is 0 Å². The van der Waals surface area contributed by atoms with Crippen LogP contribution in [-0.4, -0.2) is 66.7 Å². The van der Waals surface area contributed by atoms with Gasteiger partial charge in [-0.1, -0.05) is 0 Å². The Kier molecular flexibility index (Phi) is 5.94. The van der Waals surface area contributed by atoms with Gasteiger partial charge in [0.25, 0.3) is 0 Å². The first-order valence-corrected chi connectivity index (χ1v) is 12.3.